The van der Waals surface area contributed by atoms with Gasteiger partial charge < -0.3 is 10.2 Å². The number of nitrogens with one attached hydrogen (secondary N) is 1. The summed E-state index contributed by atoms with van der Waals surface area (Å²) in [6.45, 7) is 7.00. The maximum atomic E-state index is 14.3. The minimum Gasteiger partial charge on any atom is -0.321 e. The standard InChI is InChI=1S/C25H24F3N3O2S/c1-3-30(4-2)10-5-11-31-24(33)21(12-15-6-7-16(26)13-19(15)28)34-25(31)22-18-9-8-17(27)14-20(18)29-23(22)32/h6-9,12-14H,3-5,10-11H2,1-2H3,(H,29,32)/b21-12?,25-22-. The molecule has 0 bridgehead atoms. The second-order valence-corrected chi connectivity index (χ2v) is 8.97. The van der Waals surface area contributed by atoms with Crippen LogP contribution < -0.4 is 20.1 Å². The van der Waals surface area contributed by atoms with Gasteiger partial charge in [-0.15, -0.1) is 11.3 Å². The fraction of sp³-hybridized carbons (Fsp3) is 0.280. The smallest absolute Gasteiger partial charge is 0.269 e. The molecule has 0 aliphatic carbocycles. The molecule has 1 N–H and O–H groups in total. The van der Waals surface area contributed by atoms with Crippen LogP contribution in [0.1, 0.15) is 31.4 Å². The molecular weight excluding hydrogens is 463 g/mol. The molecule has 5 nitrogen and oxygen atoms in total. The molecule has 1 aliphatic rings. The van der Waals surface area contributed by atoms with Gasteiger partial charge in [0.05, 0.1) is 15.8 Å². The SMILES string of the molecule is CCN(CC)CCCn1c(=O)c(=Cc2ccc(F)cc2F)s/c1=C1\C(=O)Nc2cc(F)ccc21. The van der Waals surface area contributed by atoms with Crippen molar-refractivity contribution in [2.75, 3.05) is 25.0 Å². The monoisotopic (exact) mass is 487 g/mol. The molecule has 0 spiro atoms. The number of carbonyl (C=O) groups excluding carboxylic acids is 1. The molecule has 2 heterocycles. The van der Waals surface area contributed by atoms with Crippen molar-refractivity contribution in [1.29, 1.82) is 0 Å². The lowest BCUT2D eigenvalue weighted by Gasteiger charge is -2.17. The Labute approximate surface area is 198 Å². The van der Waals surface area contributed by atoms with Crippen LogP contribution >= 0.6 is 11.3 Å². The van der Waals surface area contributed by atoms with E-state index in [0.717, 1.165) is 43.1 Å². The van der Waals surface area contributed by atoms with Crippen LogP contribution in [0.5, 0.6) is 0 Å². The van der Waals surface area contributed by atoms with Gasteiger partial charge in [-0.2, -0.15) is 0 Å². The van der Waals surface area contributed by atoms with Crippen molar-refractivity contribution in [3.05, 3.63) is 84.5 Å². The number of carbonyl (C=O) groups is 1. The molecule has 0 saturated heterocycles. The van der Waals surface area contributed by atoms with E-state index in [1.165, 1.54) is 34.9 Å². The Morgan fingerprint density at radius 1 is 1.03 bits per heavy atom. The number of anilines is 1. The summed E-state index contributed by atoms with van der Waals surface area (Å²) in [4.78, 5) is 28.4. The summed E-state index contributed by atoms with van der Waals surface area (Å²) in [6.07, 6.45) is 2.03. The summed E-state index contributed by atoms with van der Waals surface area (Å²) in [5, 5.41) is 2.66. The van der Waals surface area contributed by atoms with E-state index in [9.17, 15) is 22.8 Å². The third-order valence-electron chi connectivity index (χ3n) is 5.85. The number of rotatable bonds is 7. The molecule has 0 unspecified atom stereocenters. The number of fused-ring (bicyclic) bond motifs is 1. The maximum absolute atomic E-state index is 14.3. The molecule has 3 aromatic rings. The highest BCUT2D eigenvalue weighted by atomic mass is 32.1. The van der Waals surface area contributed by atoms with Gasteiger partial charge in [0.2, 0.25) is 0 Å². The fourth-order valence-corrected chi connectivity index (χ4v) is 5.20. The van der Waals surface area contributed by atoms with Crippen molar-refractivity contribution in [2.24, 2.45) is 0 Å². The van der Waals surface area contributed by atoms with Crippen molar-refractivity contribution in [3.8, 4) is 0 Å². The Bertz CT molecular complexity index is 1420. The zero-order valence-corrected chi connectivity index (χ0v) is 19.6. The van der Waals surface area contributed by atoms with Crippen molar-refractivity contribution >= 4 is 34.6 Å². The van der Waals surface area contributed by atoms with Crippen LogP contribution in [0.4, 0.5) is 18.9 Å². The van der Waals surface area contributed by atoms with Crippen LogP contribution in [0.3, 0.4) is 0 Å². The van der Waals surface area contributed by atoms with E-state index < -0.39 is 23.4 Å². The third-order valence-corrected chi connectivity index (χ3v) is 6.98. The summed E-state index contributed by atoms with van der Waals surface area (Å²) in [7, 11) is 0. The highest BCUT2D eigenvalue weighted by molar-refractivity contribution is 7.07. The minimum absolute atomic E-state index is 0.0740. The largest absolute Gasteiger partial charge is 0.321 e. The van der Waals surface area contributed by atoms with Gasteiger partial charge >= 0.3 is 0 Å². The Morgan fingerprint density at radius 2 is 1.74 bits per heavy atom. The number of aromatic nitrogens is 1. The van der Waals surface area contributed by atoms with Crippen molar-refractivity contribution in [1.82, 2.24) is 9.47 Å². The van der Waals surface area contributed by atoms with Gasteiger partial charge in [0.25, 0.3) is 11.5 Å². The molecule has 34 heavy (non-hydrogen) atoms. The number of thiazole rings is 1. The lowest BCUT2D eigenvalue weighted by molar-refractivity contribution is -0.110. The first-order chi connectivity index (χ1) is 16.3. The Balaban J connectivity index is 1.90. The molecule has 2 aromatic carbocycles. The summed E-state index contributed by atoms with van der Waals surface area (Å²) < 4.78 is 43.4. The molecule has 0 fully saturated rings. The van der Waals surface area contributed by atoms with Gasteiger partial charge in [0, 0.05) is 23.7 Å². The quantitative estimate of drug-likeness (QED) is 0.558. The van der Waals surface area contributed by atoms with E-state index in [0.29, 0.717) is 28.9 Å². The Hall–Kier alpha value is -3.17. The van der Waals surface area contributed by atoms with Gasteiger partial charge in [0.1, 0.15) is 22.1 Å². The van der Waals surface area contributed by atoms with Crippen LogP contribution in [0.15, 0.2) is 41.2 Å². The fourth-order valence-electron chi connectivity index (χ4n) is 4.02. The first-order valence-corrected chi connectivity index (χ1v) is 11.9. The average Bonchev–Trinajstić information content (AvgIpc) is 3.28. The Kier molecular flexibility index (Phi) is 7.04. The second kappa shape index (κ2) is 9.99. The average molecular weight is 488 g/mol. The number of hydrogen-bond acceptors (Lipinski definition) is 4. The van der Waals surface area contributed by atoms with Crippen LogP contribution in [0, 0.1) is 17.5 Å². The lowest BCUT2D eigenvalue weighted by Crippen LogP contribution is -2.34. The van der Waals surface area contributed by atoms with Crippen molar-refractivity contribution < 1.29 is 18.0 Å². The first kappa shape index (κ1) is 24.0. The number of nitrogens with zero attached hydrogens (tertiary/aromatic N) is 2. The lowest BCUT2D eigenvalue weighted by atomic mass is 10.1. The van der Waals surface area contributed by atoms with Crippen LogP contribution in [-0.4, -0.2) is 35.0 Å². The van der Waals surface area contributed by atoms with Crippen molar-refractivity contribution in [2.45, 2.75) is 26.8 Å². The first-order valence-electron chi connectivity index (χ1n) is 11.1. The maximum Gasteiger partial charge on any atom is 0.269 e. The van der Waals surface area contributed by atoms with E-state index in [1.807, 2.05) is 0 Å². The van der Waals surface area contributed by atoms with E-state index in [4.69, 9.17) is 0 Å². The highest BCUT2D eigenvalue weighted by Crippen LogP contribution is 2.30. The molecule has 9 heteroatoms. The summed E-state index contributed by atoms with van der Waals surface area (Å²) in [5.74, 6) is -2.41. The van der Waals surface area contributed by atoms with Gasteiger partial charge in [0.15, 0.2) is 0 Å². The van der Waals surface area contributed by atoms with E-state index >= 15 is 0 Å². The highest BCUT2D eigenvalue weighted by Gasteiger charge is 2.27. The summed E-state index contributed by atoms with van der Waals surface area (Å²) >= 11 is 1.06. The molecule has 0 radical (unpaired) electrons. The van der Waals surface area contributed by atoms with Crippen LogP contribution in [0.2, 0.25) is 0 Å². The van der Waals surface area contributed by atoms with E-state index in [1.54, 1.807) is 0 Å². The summed E-state index contributed by atoms with van der Waals surface area (Å²) in [5.41, 5.74) is 0.832. The molecule has 1 amide bonds. The minimum atomic E-state index is -0.783. The van der Waals surface area contributed by atoms with Crippen molar-refractivity contribution in [3.63, 3.8) is 0 Å². The summed E-state index contributed by atoms with van der Waals surface area (Å²) in [6, 6.07) is 7.14. The molecule has 178 valence electrons. The molecule has 4 rings (SSSR count). The number of benzene rings is 2. The molecular formula is C25H24F3N3O2S. The predicted octanol–water partition coefficient (Wildman–Crippen LogP) is 3.04. The topological polar surface area (TPSA) is 54.3 Å². The normalized spacial score (nSPS) is 15.2. The number of hydrogen-bond donors (Lipinski definition) is 1. The van der Waals surface area contributed by atoms with Gasteiger partial charge in [-0.05, 0) is 62.5 Å². The molecule has 0 atom stereocenters. The van der Waals surface area contributed by atoms with E-state index in [-0.39, 0.29) is 21.2 Å². The number of halogens is 3. The zero-order valence-electron chi connectivity index (χ0n) is 18.8. The molecule has 1 aliphatic heterocycles. The zero-order chi connectivity index (χ0) is 24.4. The molecule has 0 saturated carbocycles. The predicted molar refractivity (Wildman–Crippen MR) is 128 cm³/mol. The third kappa shape index (κ3) is 4.71. The number of amides is 1. The molecule has 1 aromatic heterocycles. The second-order valence-electron chi connectivity index (χ2n) is 7.94. The van der Waals surface area contributed by atoms with Gasteiger partial charge in [-0.25, -0.2) is 13.2 Å². The van der Waals surface area contributed by atoms with Crippen LogP contribution in [-0.2, 0) is 11.3 Å². The van der Waals surface area contributed by atoms with Gasteiger partial charge in [-0.3, -0.25) is 14.2 Å². The Morgan fingerprint density at radius 3 is 2.44 bits per heavy atom. The van der Waals surface area contributed by atoms with Gasteiger partial charge in [-0.1, -0.05) is 13.8 Å². The van der Waals surface area contributed by atoms with Crippen LogP contribution in [0.25, 0.3) is 11.6 Å². The van der Waals surface area contributed by atoms with E-state index in [2.05, 4.69) is 24.1 Å².